The van der Waals surface area contributed by atoms with Gasteiger partial charge in [0.2, 0.25) is 0 Å². The molecule has 0 aromatic heterocycles. The van der Waals surface area contributed by atoms with Crippen molar-refractivity contribution in [3.63, 3.8) is 0 Å². The van der Waals surface area contributed by atoms with Gasteiger partial charge >= 0.3 is 35.5 Å². The van der Waals surface area contributed by atoms with E-state index in [2.05, 4.69) is 0 Å². The third kappa shape index (κ3) is 6.93. The van der Waals surface area contributed by atoms with Crippen LogP contribution in [0.4, 0.5) is 0 Å². The molecule has 0 aliphatic heterocycles. The Labute approximate surface area is 176 Å². The SMILES string of the molecule is O=C(COc1ccc(Cl)cc1Cl)OC(c1ccccc1)P(=O)([O-])O.[Na+]. The normalized spacial score (nSPS) is 13.9. The van der Waals surface area contributed by atoms with Crippen LogP contribution in [0, 0.1) is 0 Å². The quantitative estimate of drug-likeness (QED) is 0.412. The third-order valence-corrected chi connectivity index (χ3v) is 4.39. The third-order valence-electron chi connectivity index (χ3n) is 2.86. The van der Waals surface area contributed by atoms with Crippen LogP contribution >= 0.6 is 30.8 Å². The second-order valence-corrected chi connectivity index (χ2v) is 7.12. The zero-order valence-corrected chi connectivity index (χ0v) is 17.5. The van der Waals surface area contributed by atoms with Crippen LogP contribution in [-0.4, -0.2) is 17.5 Å². The molecule has 0 radical (unpaired) electrons. The predicted octanol–water partition coefficient (Wildman–Crippen LogP) is 0.164. The summed E-state index contributed by atoms with van der Waals surface area (Å²) in [4.78, 5) is 32.6. The molecular weight excluding hydrogens is 401 g/mol. The molecule has 0 fully saturated rings. The molecule has 0 saturated heterocycles. The van der Waals surface area contributed by atoms with Gasteiger partial charge in [0.05, 0.1) is 5.02 Å². The van der Waals surface area contributed by atoms with Gasteiger partial charge in [-0.05, 0) is 18.2 Å². The van der Waals surface area contributed by atoms with E-state index in [0.717, 1.165) is 0 Å². The minimum Gasteiger partial charge on any atom is -0.776 e. The Morgan fingerprint density at radius 3 is 2.40 bits per heavy atom. The van der Waals surface area contributed by atoms with Gasteiger partial charge in [-0.15, -0.1) is 0 Å². The Bertz CT molecular complexity index is 768. The van der Waals surface area contributed by atoms with Gasteiger partial charge in [0.15, 0.2) is 20.0 Å². The molecule has 0 amide bonds. The zero-order valence-electron chi connectivity index (χ0n) is 13.1. The Morgan fingerprint density at radius 2 is 1.84 bits per heavy atom. The van der Waals surface area contributed by atoms with Crippen molar-refractivity contribution < 1.29 is 58.2 Å². The Hall–Kier alpha value is -0.560. The smallest absolute Gasteiger partial charge is 0.776 e. The van der Waals surface area contributed by atoms with Gasteiger partial charge in [0.25, 0.3) is 0 Å². The molecule has 2 rings (SSSR count). The largest absolute Gasteiger partial charge is 1.00 e. The van der Waals surface area contributed by atoms with Crippen molar-refractivity contribution in [3.05, 3.63) is 64.1 Å². The van der Waals surface area contributed by atoms with Crippen LogP contribution in [0.2, 0.25) is 10.0 Å². The van der Waals surface area contributed by atoms with Crippen LogP contribution < -0.4 is 39.2 Å². The molecule has 2 unspecified atom stereocenters. The minimum absolute atomic E-state index is 0. The van der Waals surface area contributed by atoms with E-state index in [9.17, 15) is 19.1 Å². The summed E-state index contributed by atoms with van der Waals surface area (Å²) in [6.07, 6.45) is 0. The average Bonchev–Trinajstić information content (AvgIpc) is 2.51. The van der Waals surface area contributed by atoms with Crippen molar-refractivity contribution in [2.75, 3.05) is 6.61 Å². The maximum absolute atomic E-state index is 11.8. The molecule has 2 aromatic rings. The average molecular weight is 413 g/mol. The van der Waals surface area contributed by atoms with Crippen molar-refractivity contribution in [2.45, 2.75) is 5.85 Å². The number of rotatable bonds is 6. The number of carbonyl (C=O) groups is 1. The summed E-state index contributed by atoms with van der Waals surface area (Å²) in [5.41, 5.74) is 0.121. The van der Waals surface area contributed by atoms with Crippen LogP contribution in [0.1, 0.15) is 11.4 Å². The Kier molecular flexibility index (Phi) is 8.95. The number of halogens is 2. The van der Waals surface area contributed by atoms with Gasteiger partial charge in [0, 0.05) is 10.6 Å². The number of hydrogen-bond donors (Lipinski definition) is 1. The number of carbonyl (C=O) groups excluding carboxylic acids is 1. The molecule has 2 atom stereocenters. The molecule has 0 aliphatic rings. The fourth-order valence-corrected chi connectivity index (χ4v) is 3.09. The molecule has 128 valence electrons. The summed E-state index contributed by atoms with van der Waals surface area (Å²) in [6.45, 7) is -0.593. The van der Waals surface area contributed by atoms with Crippen LogP contribution in [-0.2, 0) is 14.1 Å². The first-order valence-corrected chi connectivity index (χ1v) is 9.03. The Balaban J connectivity index is 0.00000312. The van der Waals surface area contributed by atoms with E-state index < -0.39 is 26.0 Å². The van der Waals surface area contributed by atoms with E-state index in [1.54, 1.807) is 18.2 Å². The molecule has 0 spiro atoms. The fraction of sp³-hybridized carbons (Fsp3) is 0.133. The molecule has 25 heavy (non-hydrogen) atoms. The van der Waals surface area contributed by atoms with E-state index in [1.165, 1.54) is 30.3 Å². The molecule has 10 heteroatoms. The Morgan fingerprint density at radius 1 is 1.20 bits per heavy atom. The van der Waals surface area contributed by atoms with Gasteiger partial charge in [-0.25, -0.2) is 4.79 Å². The fourth-order valence-electron chi connectivity index (χ4n) is 1.83. The summed E-state index contributed by atoms with van der Waals surface area (Å²) < 4.78 is 21.5. The summed E-state index contributed by atoms with van der Waals surface area (Å²) >= 11 is 11.6. The van der Waals surface area contributed by atoms with Gasteiger partial charge in [0.1, 0.15) is 5.75 Å². The maximum atomic E-state index is 11.8. The number of hydrogen-bond acceptors (Lipinski definition) is 5. The molecular formula is C15H12Cl2NaO6P. The summed E-state index contributed by atoms with van der Waals surface area (Å²) in [6, 6.07) is 12.0. The van der Waals surface area contributed by atoms with Gasteiger partial charge < -0.3 is 23.8 Å². The first-order valence-electron chi connectivity index (χ1n) is 6.63. The van der Waals surface area contributed by atoms with Crippen molar-refractivity contribution in [3.8, 4) is 5.75 Å². The molecule has 2 aromatic carbocycles. The molecule has 0 heterocycles. The maximum Gasteiger partial charge on any atom is 1.00 e. The number of ether oxygens (including phenoxy) is 2. The zero-order chi connectivity index (χ0) is 17.7. The minimum atomic E-state index is -4.96. The first kappa shape index (κ1) is 22.5. The van der Waals surface area contributed by atoms with Gasteiger partial charge in [-0.1, -0.05) is 53.5 Å². The van der Waals surface area contributed by atoms with Crippen LogP contribution in [0.25, 0.3) is 0 Å². The summed E-state index contributed by atoms with van der Waals surface area (Å²) in [5.74, 6) is -2.61. The molecule has 0 aliphatic carbocycles. The van der Waals surface area contributed by atoms with Gasteiger partial charge in [-0.2, -0.15) is 0 Å². The van der Waals surface area contributed by atoms with Crippen molar-refractivity contribution >= 4 is 36.8 Å². The van der Waals surface area contributed by atoms with Crippen LogP contribution in [0.3, 0.4) is 0 Å². The molecule has 0 saturated carbocycles. The van der Waals surface area contributed by atoms with Crippen molar-refractivity contribution in [1.29, 1.82) is 0 Å². The van der Waals surface area contributed by atoms with E-state index in [4.69, 9.17) is 32.7 Å². The molecule has 1 N–H and O–H groups in total. The van der Waals surface area contributed by atoms with Crippen molar-refractivity contribution in [2.24, 2.45) is 0 Å². The molecule has 0 bridgehead atoms. The van der Waals surface area contributed by atoms with Crippen LogP contribution in [0.15, 0.2) is 48.5 Å². The first-order chi connectivity index (χ1) is 11.3. The second kappa shape index (κ2) is 9.95. The topological polar surface area (TPSA) is 95.9 Å². The number of benzene rings is 2. The molecule has 6 nitrogen and oxygen atoms in total. The van der Waals surface area contributed by atoms with Crippen LogP contribution in [0.5, 0.6) is 5.75 Å². The summed E-state index contributed by atoms with van der Waals surface area (Å²) in [7, 11) is -4.96. The monoisotopic (exact) mass is 412 g/mol. The van der Waals surface area contributed by atoms with Gasteiger partial charge in [-0.3, -0.25) is 0 Å². The van der Waals surface area contributed by atoms with E-state index in [1.807, 2.05) is 0 Å². The summed E-state index contributed by atoms with van der Waals surface area (Å²) in [5, 5.41) is 0.582. The van der Waals surface area contributed by atoms with E-state index in [0.29, 0.717) is 5.02 Å². The van der Waals surface area contributed by atoms with Crippen molar-refractivity contribution in [1.82, 2.24) is 0 Å². The standard InChI is InChI=1S/C15H13Cl2O6P.Na/c16-11-6-7-13(12(17)8-11)22-9-14(18)23-15(24(19,20)21)10-4-2-1-3-5-10;/h1-8,15H,9H2,(H2,19,20,21);/q;+1/p-1. The number of esters is 1. The van der Waals surface area contributed by atoms with E-state index >= 15 is 0 Å². The van der Waals surface area contributed by atoms with E-state index in [-0.39, 0.29) is 45.9 Å². The predicted molar refractivity (Wildman–Crippen MR) is 87.1 cm³/mol. The second-order valence-electron chi connectivity index (χ2n) is 4.68.